The summed E-state index contributed by atoms with van der Waals surface area (Å²) in [6.45, 7) is 0. The Kier molecular flexibility index (Phi) is 3.17. The molecule has 0 fully saturated rings. The molecular weight excluding hydrogens is 226 g/mol. The summed E-state index contributed by atoms with van der Waals surface area (Å²) < 4.78 is 5.45. The van der Waals surface area contributed by atoms with Crippen LogP contribution in [0.3, 0.4) is 0 Å². The molecule has 0 N–H and O–H groups in total. The second kappa shape index (κ2) is 4.77. The van der Waals surface area contributed by atoms with Crippen LogP contribution < -0.4 is 4.74 Å². The number of carbonyl (C=O) groups is 1. The van der Waals surface area contributed by atoms with Crippen molar-refractivity contribution in [1.29, 1.82) is 0 Å². The third-order valence-corrected chi connectivity index (χ3v) is 2.24. The maximum absolute atomic E-state index is 10.5. The molecule has 16 heavy (non-hydrogen) atoms. The lowest BCUT2D eigenvalue weighted by atomic mass is 10.2. The fourth-order valence-corrected chi connectivity index (χ4v) is 1.42. The van der Waals surface area contributed by atoms with E-state index in [-0.39, 0.29) is 0 Å². The smallest absolute Gasteiger partial charge is 0.219 e. The third-order valence-electron chi connectivity index (χ3n) is 1.94. The molecule has 0 radical (unpaired) electrons. The molecule has 1 aromatic carbocycles. The van der Waals surface area contributed by atoms with Crippen LogP contribution in [0, 0.1) is 0 Å². The normalized spacial score (nSPS) is 9.81. The maximum atomic E-state index is 10.5. The molecule has 0 bridgehead atoms. The van der Waals surface area contributed by atoms with Crippen molar-refractivity contribution in [2.75, 3.05) is 0 Å². The Balaban J connectivity index is 2.25. The van der Waals surface area contributed by atoms with Gasteiger partial charge in [0.25, 0.3) is 0 Å². The molecule has 0 atom stereocenters. The number of nitrogens with zero attached hydrogens (tertiary/aromatic N) is 1. The molecule has 1 aromatic heterocycles. The Bertz CT molecular complexity index is 500. The van der Waals surface area contributed by atoms with Gasteiger partial charge < -0.3 is 4.74 Å². The summed E-state index contributed by atoms with van der Waals surface area (Å²) in [5.41, 5.74) is 0.512. The van der Waals surface area contributed by atoms with E-state index in [1.54, 1.807) is 36.5 Å². The summed E-state index contributed by atoms with van der Waals surface area (Å²) in [7, 11) is 0. The number of benzene rings is 1. The zero-order valence-corrected chi connectivity index (χ0v) is 9.02. The van der Waals surface area contributed by atoms with Crippen LogP contribution in [-0.4, -0.2) is 11.3 Å². The van der Waals surface area contributed by atoms with Gasteiger partial charge in [-0.15, -0.1) is 0 Å². The number of halogens is 1. The van der Waals surface area contributed by atoms with Gasteiger partial charge in [0.15, 0.2) is 0 Å². The fourth-order valence-electron chi connectivity index (χ4n) is 1.19. The summed E-state index contributed by atoms with van der Waals surface area (Å²) in [5.74, 6) is 0.939. The first-order valence-corrected chi connectivity index (χ1v) is 5.01. The Hall–Kier alpha value is -1.87. The van der Waals surface area contributed by atoms with Gasteiger partial charge in [-0.2, -0.15) is 0 Å². The van der Waals surface area contributed by atoms with E-state index in [4.69, 9.17) is 16.3 Å². The van der Waals surface area contributed by atoms with E-state index in [2.05, 4.69) is 4.98 Å². The predicted molar refractivity (Wildman–Crippen MR) is 61.2 cm³/mol. The van der Waals surface area contributed by atoms with Gasteiger partial charge in [-0.3, -0.25) is 4.79 Å². The number of carbonyl (C=O) groups excluding carboxylic acids is 1. The van der Waals surface area contributed by atoms with Crippen LogP contribution in [0.5, 0.6) is 11.6 Å². The highest BCUT2D eigenvalue weighted by Gasteiger charge is 2.04. The van der Waals surface area contributed by atoms with E-state index in [0.717, 1.165) is 6.29 Å². The summed E-state index contributed by atoms with van der Waals surface area (Å²) in [4.78, 5) is 14.5. The number of hydrogen-bond donors (Lipinski definition) is 0. The molecule has 4 heteroatoms. The van der Waals surface area contributed by atoms with Crippen LogP contribution in [0.2, 0.25) is 5.02 Å². The Morgan fingerprint density at radius 1 is 1.25 bits per heavy atom. The van der Waals surface area contributed by atoms with Gasteiger partial charge in [-0.25, -0.2) is 4.98 Å². The lowest BCUT2D eigenvalue weighted by molar-refractivity contribution is 0.112. The zero-order chi connectivity index (χ0) is 11.4. The molecule has 80 valence electrons. The van der Waals surface area contributed by atoms with Gasteiger partial charge >= 0.3 is 0 Å². The van der Waals surface area contributed by atoms with Crippen molar-refractivity contribution in [3.63, 3.8) is 0 Å². The van der Waals surface area contributed by atoms with Crippen molar-refractivity contribution < 1.29 is 9.53 Å². The highest BCUT2D eigenvalue weighted by Crippen LogP contribution is 2.28. The average Bonchev–Trinajstić information content (AvgIpc) is 2.33. The minimum Gasteiger partial charge on any atom is -0.437 e. The number of ether oxygens (including phenoxy) is 1. The van der Waals surface area contributed by atoms with Crippen molar-refractivity contribution in [2.24, 2.45) is 0 Å². The van der Waals surface area contributed by atoms with Crippen LogP contribution in [0.4, 0.5) is 0 Å². The Labute approximate surface area is 97.7 Å². The highest BCUT2D eigenvalue weighted by molar-refractivity contribution is 6.32. The van der Waals surface area contributed by atoms with Crippen LogP contribution in [0.25, 0.3) is 0 Å². The molecule has 2 rings (SSSR count). The number of aromatic nitrogens is 1. The molecule has 2 aromatic rings. The van der Waals surface area contributed by atoms with Gasteiger partial charge in [-0.05, 0) is 24.3 Å². The van der Waals surface area contributed by atoms with Crippen LogP contribution >= 0.6 is 11.6 Å². The van der Waals surface area contributed by atoms with E-state index in [9.17, 15) is 4.79 Å². The van der Waals surface area contributed by atoms with Crippen LogP contribution in [0.1, 0.15) is 10.4 Å². The Morgan fingerprint density at radius 2 is 2.12 bits per heavy atom. The molecule has 0 saturated heterocycles. The summed E-state index contributed by atoms with van der Waals surface area (Å²) in [5, 5.41) is 0.384. The summed E-state index contributed by atoms with van der Waals surface area (Å²) in [6.07, 6.45) is 2.36. The molecule has 0 aliphatic rings. The van der Waals surface area contributed by atoms with E-state index in [1.165, 1.54) is 0 Å². The second-order valence-electron chi connectivity index (χ2n) is 3.08. The van der Waals surface area contributed by atoms with E-state index >= 15 is 0 Å². The predicted octanol–water partition coefficient (Wildman–Crippen LogP) is 3.34. The molecule has 0 amide bonds. The van der Waals surface area contributed by atoms with Crippen LogP contribution in [-0.2, 0) is 0 Å². The van der Waals surface area contributed by atoms with Gasteiger partial charge in [-0.1, -0.05) is 17.7 Å². The number of pyridine rings is 1. The molecular formula is C12H8ClNO2. The average molecular weight is 234 g/mol. The van der Waals surface area contributed by atoms with Crippen molar-refractivity contribution >= 4 is 17.9 Å². The first-order valence-electron chi connectivity index (χ1n) is 4.63. The number of hydrogen-bond acceptors (Lipinski definition) is 3. The molecule has 3 nitrogen and oxygen atoms in total. The number of rotatable bonds is 3. The zero-order valence-electron chi connectivity index (χ0n) is 8.26. The van der Waals surface area contributed by atoms with Crippen molar-refractivity contribution in [1.82, 2.24) is 4.98 Å². The lowest BCUT2D eigenvalue weighted by Crippen LogP contribution is -1.89. The monoisotopic (exact) mass is 233 g/mol. The molecule has 0 aliphatic carbocycles. The maximum Gasteiger partial charge on any atom is 0.219 e. The largest absolute Gasteiger partial charge is 0.437 e. The highest BCUT2D eigenvalue weighted by atomic mass is 35.5. The Morgan fingerprint density at radius 3 is 2.75 bits per heavy atom. The van der Waals surface area contributed by atoms with Crippen molar-refractivity contribution in [3.8, 4) is 11.6 Å². The molecule has 0 aliphatic heterocycles. The van der Waals surface area contributed by atoms with Gasteiger partial charge in [0.1, 0.15) is 12.0 Å². The summed E-state index contributed by atoms with van der Waals surface area (Å²) in [6, 6.07) is 10.2. The van der Waals surface area contributed by atoms with Gasteiger partial charge in [0, 0.05) is 17.8 Å². The molecule has 1 heterocycles. The van der Waals surface area contributed by atoms with Crippen molar-refractivity contribution in [3.05, 3.63) is 53.2 Å². The standard InChI is InChI=1S/C12H8ClNO2/c13-10-7-9(8-15)4-5-11(10)16-12-3-1-2-6-14-12/h1-8H. The summed E-state index contributed by atoms with van der Waals surface area (Å²) >= 11 is 5.95. The molecule has 0 unspecified atom stereocenters. The third kappa shape index (κ3) is 2.38. The second-order valence-corrected chi connectivity index (χ2v) is 3.48. The van der Waals surface area contributed by atoms with Gasteiger partial charge in [0.2, 0.25) is 5.88 Å². The van der Waals surface area contributed by atoms with E-state index < -0.39 is 0 Å². The quantitative estimate of drug-likeness (QED) is 0.764. The number of aldehydes is 1. The molecule has 0 saturated carbocycles. The van der Waals surface area contributed by atoms with Crippen LogP contribution in [0.15, 0.2) is 42.6 Å². The van der Waals surface area contributed by atoms with Gasteiger partial charge in [0.05, 0.1) is 5.02 Å². The fraction of sp³-hybridized carbons (Fsp3) is 0. The lowest BCUT2D eigenvalue weighted by Gasteiger charge is -2.06. The SMILES string of the molecule is O=Cc1ccc(Oc2ccccn2)c(Cl)c1. The minimum absolute atomic E-state index is 0.384. The first-order chi connectivity index (χ1) is 7.79. The van der Waals surface area contributed by atoms with E-state index in [0.29, 0.717) is 22.2 Å². The van der Waals surface area contributed by atoms with Crippen molar-refractivity contribution in [2.45, 2.75) is 0 Å². The minimum atomic E-state index is 0.384. The topological polar surface area (TPSA) is 39.2 Å². The first kappa shape index (κ1) is 10.6. The van der Waals surface area contributed by atoms with E-state index in [1.807, 2.05) is 6.07 Å². The molecule has 0 spiro atoms.